The topological polar surface area (TPSA) is 20.2 Å². The molecule has 1 N–H and O–H groups in total. The second-order valence-electron chi connectivity index (χ2n) is 4.07. The molecule has 0 saturated heterocycles. The van der Waals surface area contributed by atoms with Crippen LogP contribution in [0.3, 0.4) is 0 Å². The van der Waals surface area contributed by atoms with E-state index in [-0.39, 0.29) is 0 Å². The maximum atomic E-state index is 9.53. The molecule has 0 aromatic heterocycles. The van der Waals surface area contributed by atoms with Crippen molar-refractivity contribution in [2.24, 2.45) is 0 Å². The molecule has 1 heteroatoms. The first-order chi connectivity index (χ1) is 7.34. The fourth-order valence-electron chi connectivity index (χ4n) is 1.75. The number of unbranched alkanes of at least 4 members (excludes halogenated alkanes) is 5. The second-order valence-corrected chi connectivity index (χ2v) is 4.07. The standard InChI is InChI=1S/C14H21O/c1-2-3-4-5-6-7-10-13-11-8-9-12-14(13)15/h9,11-12,15H,2-7,10H2,1H3. The minimum Gasteiger partial charge on any atom is -0.508 e. The van der Waals surface area contributed by atoms with Gasteiger partial charge in [0.25, 0.3) is 0 Å². The third-order valence-corrected chi connectivity index (χ3v) is 2.72. The summed E-state index contributed by atoms with van der Waals surface area (Å²) < 4.78 is 0. The first-order valence-electron chi connectivity index (χ1n) is 6.02. The normalized spacial score (nSPS) is 10.5. The molecular formula is C14H21O. The molecule has 0 fully saturated rings. The van der Waals surface area contributed by atoms with E-state index in [4.69, 9.17) is 0 Å². The summed E-state index contributed by atoms with van der Waals surface area (Å²) in [5.41, 5.74) is 1.04. The first-order valence-corrected chi connectivity index (χ1v) is 6.02. The van der Waals surface area contributed by atoms with Gasteiger partial charge in [0.05, 0.1) is 0 Å². The Hall–Kier alpha value is -0.980. The molecule has 0 saturated carbocycles. The van der Waals surface area contributed by atoms with Gasteiger partial charge in [-0.05, 0) is 36.6 Å². The zero-order valence-corrected chi connectivity index (χ0v) is 9.63. The highest BCUT2D eigenvalue weighted by Crippen LogP contribution is 2.18. The lowest BCUT2D eigenvalue weighted by Gasteiger charge is -2.03. The number of hydrogen-bond acceptors (Lipinski definition) is 1. The zero-order chi connectivity index (χ0) is 10.9. The smallest absolute Gasteiger partial charge is 0.118 e. The van der Waals surface area contributed by atoms with Crippen LogP contribution in [0.2, 0.25) is 0 Å². The Morgan fingerprint density at radius 3 is 2.60 bits per heavy atom. The minimum atomic E-state index is 0.419. The predicted octanol–water partition coefficient (Wildman–Crippen LogP) is 4.10. The van der Waals surface area contributed by atoms with Gasteiger partial charge < -0.3 is 5.11 Å². The van der Waals surface area contributed by atoms with E-state index in [1.54, 1.807) is 12.1 Å². The fourth-order valence-corrected chi connectivity index (χ4v) is 1.75. The van der Waals surface area contributed by atoms with Crippen molar-refractivity contribution in [3.8, 4) is 5.75 Å². The molecule has 0 bridgehead atoms. The second kappa shape index (κ2) is 7.33. The molecule has 15 heavy (non-hydrogen) atoms. The van der Waals surface area contributed by atoms with Crippen LogP contribution in [0.5, 0.6) is 5.75 Å². The van der Waals surface area contributed by atoms with Crippen molar-refractivity contribution in [2.45, 2.75) is 51.9 Å². The van der Waals surface area contributed by atoms with E-state index in [1.807, 2.05) is 6.07 Å². The summed E-state index contributed by atoms with van der Waals surface area (Å²) in [4.78, 5) is 0. The van der Waals surface area contributed by atoms with E-state index in [2.05, 4.69) is 13.0 Å². The van der Waals surface area contributed by atoms with Crippen molar-refractivity contribution in [1.82, 2.24) is 0 Å². The van der Waals surface area contributed by atoms with Crippen LogP contribution in [0.1, 0.15) is 51.0 Å². The molecule has 83 valence electrons. The number of benzene rings is 1. The Balaban J connectivity index is 2.12. The Labute approximate surface area is 93.1 Å². The quantitative estimate of drug-likeness (QED) is 0.664. The monoisotopic (exact) mass is 205 g/mol. The molecule has 1 rings (SSSR count). The summed E-state index contributed by atoms with van der Waals surface area (Å²) in [6.45, 7) is 2.23. The molecule has 1 aromatic rings. The highest BCUT2D eigenvalue weighted by atomic mass is 16.3. The largest absolute Gasteiger partial charge is 0.508 e. The molecule has 0 aliphatic carbocycles. The van der Waals surface area contributed by atoms with Crippen LogP contribution in [0, 0.1) is 6.07 Å². The van der Waals surface area contributed by atoms with Gasteiger partial charge in [-0.15, -0.1) is 0 Å². The van der Waals surface area contributed by atoms with Crippen molar-refractivity contribution >= 4 is 0 Å². The van der Waals surface area contributed by atoms with Gasteiger partial charge in [0.15, 0.2) is 0 Å². The van der Waals surface area contributed by atoms with E-state index in [0.717, 1.165) is 12.0 Å². The molecule has 0 spiro atoms. The summed E-state index contributed by atoms with van der Waals surface area (Å²) in [5, 5.41) is 9.53. The molecule has 0 heterocycles. The lowest BCUT2D eigenvalue weighted by Crippen LogP contribution is -1.86. The lowest BCUT2D eigenvalue weighted by atomic mass is 10.0. The molecule has 0 amide bonds. The molecular weight excluding hydrogens is 184 g/mol. The van der Waals surface area contributed by atoms with Crippen molar-refractivity contribution in [2.75, 3.05) is 0 Å². The highest BCUT2D eigenvalue weighted by molar-refractivity contribution is 5.31. The molecule has 1 aromatic carbocycles. The SMILES string of the molecule is CCCCCCCCc1c[c]ccc1O. The van der Waals surface area contributed by atoms with Crippen molar-refractivity contribution in [1.29, 1.82) is 0 Å². The molecule has 0 aliphatic rings. The summed E-state index contributed by atoms with van der Waals surface area (Å²) in [7, 11) is 0. The van der Waals surface area contributed by atoms with Crippen molar-refractivity contribution < 1.29 is 5.11 Å². The number of phenols is 1. The van der Waals surface area contributed by atoms with E-state index < -0.39 is 0 Å². The van der Waals surface area contributed by atoms with Gasteiger partial charge in [0.2, 0.25) is 0 Å². The van der Waals surface area contributed by atoms with E-state index in [1.165, 1.54) is 38.5 Å². The molecule has 0 atom stereocenters. The summed E-state index contributed by atoms with van der Waals surface area (Å²) >= 11 is 0. The third kappa shape index (κ3) is 4.87. The highest BCUT2D eigenvalue weighted by Gasteiger charge is 1.98. The number of aryl methyl sites for hydroxylation is 1. The van der Waals surface area contributed by atoms with Gasteiger partial charge in [0.1, 0.15) is 5.75 Å². The fraction of sp³-hybridized carbons (Fsp3) is 0.571. The Bertz CT molecular complexity index is 268. The van der Waals surface area contributed by atoms with Gasteiger partial charge in [-0.1, -0.05) is 45.1 Å². The average Bonchev–Trinajstić information content (AvgIpc) is 2.25. The van der Waals surface area contributed by atoms with Gasteiger partial charge in [-0.3, -0.25) is 0 Å². The predicted molar refractivity (Wildman–Crippen MR) is 64.0 cm³/mol. The number of rotatable bonds is 7. The Morgan fingerprint density at radius 2 is 1.87 bits per heavy atom. The van der Waals surface area contributed by atoms with Crippen LogP contribution < -0.4 is 0 Å². The van der Waals surface area contributed by atoms with Crippen LogP contribution in [0.15, 0.2) is 18.2 Å². The molecule has 1 radical (unpaired) electrons. The minimum absolute atomic E-state index is 0.419. The Kier molecular flexibility index (Phi) is 5.91. The van der Waals surface area contributed by atoms with Gasteiger partial charge >= 0.3 is 0 Å². The summed E-state index contributed by atoms with van der Waals surface area (Å²) in [6.07, 6.45) is 8.76. The number of phenolic OH excluding ortho intramolecular Hbond substituents is 1. The van der Waals surface area contributed by atoms with Crippen LogP contribution in [0.4, 0.5) is 0 Å². The lowest BCUT2D eigenvalue weighted by molar-refractivity contribution is 0.466. The number of hydrogen-bond donors (Lipinski definition) is 1. The van der Waals surface area contributed by atoms with Gasteiger partial charge in [-0.25, -0.2) is 0 Å². The van der Waals surface area contributed by atoms with Crippen molar-refractivity contribution in [3.05, 3.63) is 29.8 Å². The molecule has 1 nitrogen and oxygen atoms in total. The van der Waals surface area contributed by atoms with Crippen LogP contribution in [-0.2, 0) is 6.42 Å². The Morgan fingerprint density at radius 1 is 1.13 bits per heavy atom. The van der Waals surface area contributed by atoms with Gasteiger partial charge in [-0.2, -0.15) is 0 Å². The van der Waals surface area contributed by atoms with Crippen LogP contribution >= 0.6 is 0 Å². The third-order valence-electron chi connectivity index (χ3n) is 2.72. The van der Waals surface area contributed by atoms with E-state index in [0.29, 0.717) is 5.75 Å². The maximum Gasteiger partial charge on any atom is 0.118 e. The molecule has 0 unspecified atom stereocenters. The van der Waals surface area contributed by atoms with Crippen molar-refractivity contribution in [3.63, 3.8) is 0 Å². The van der Waals surface area contributed by atoms with Crippen LogP contribution in [-0.4, -0.2) is 5.11 Å². The number of aromatic hydroxyl groups is 1. The van der Waals surface area contributed by atoms with Crippen LogP contribution in [0.25, 0.3) is 0 Å². The maximum absolute atomic E-state index is 9.53. The first kappa shape index (κ1) is 12.1. The van der Waals surface area contributed by atoms with E-state index in [9.17, 15) is 5.11 Å². The average molecular weight is 205 g/mol. The zero-order valence-electron chi connectivity index (χ0n) is 9.63. The summed E-state index contributed by atoms with van der Waals surface area (Å²) in [5.74, 6) is 0.419. The van der Waals surface area contributed by atoms with Gasteiger partial charge in [0, 0.05) is 0 Å². The summed E-state index contributed by atoms with van der Waals surface area (Å²) in [6, 6.07) is 8.36. The molecule has 0 aliphatic heterocycles. The van der Waals surface area contributed by atoms with E-state index >= 15 is 0 Å².